The molecule has 0 saturated carbocycles. The molecule has 0 aliphatic heterocycles. The van der Waals surface area contributed by atoms with E-state index in [1.54, 1.807) is 97.1 Å². The van der Waals surface area contributed by atoms with Crippen molar-refractivity contribution in [2.75, 3.05) is 10.6 Å². The van der Waals surface area contributed by atoms with Gasteiger partial charge < -0.3 is 20.8 Å². The topological polar surface area (TPSA) is 148 Å². The molecule has 0 aromatic heterocycles. The maximum absolute atomic E-state index is 13.5. The molecule has 7 rings (SSSR count). The van der Waals surface area contributed by atoms with Crippen LogP contribution in [0.5, 0.6) is 11.5 Å². The summed E-state index contributed by atoms with van der Waals surface area (Å²) in [5, 5.41) is 48.7. The van der Waals surface area contributed by atoms with E-state index in [0.29, 0.717) is 54.3 Å². The van der Waals surface area contributed by atoms with Gasteiger partial charge in [0.1, 0.15) is 22.7 Å². The number of carbonyl (C=O) groups is 2. The van der Waals surface area contributed by atoms with E-state index in [4.69, 9.17) is 23.2 Å². The van der Waals surface area contributed by atoms with Crippen LogP contribution in [0, 0.1) is 13.8 Å². The summed E-state index contributed by atoms with van der Waals surface area (Å²) < 4.78 is 0. The van der Waals surface area contributed by atoms with Crippen LogP contribution < -0.4 is 10.6 Å². The van der Waals surface area contributed by atoms with Crippen molar-refractivity contribution in [2.24, 2.45) is 20.5 Å². The van der Waals surface area contributed by atoms with Crippen LogP contribution in [0.25, 0.3) is 21.5 Å². The summed E-state index contributed by atoms with van der Waals surface area (Å²) in [4.78, 5) is 27.0. The Labute approximate surface area is 319 Å². The Kier molecular flexibility index (Phi) is 10.0. The average Bonchev–Trinajstić information content (AvgIpc) is 3.17. The minimum atomic E-state index is -0.588. The normalized spacial score (nSPS) is 11.5. The number of azo groups is 2. The van der Waals surface area contributed by atoms with E-state index in [9.17, 15) is 19.8 Å². The number of benzene rings is 7. The van der Waals surface area contributed by atoms with E-state index in [1.807, 2.05) is 38.1 Å². The molecule has 7 aromatic rings. The Morgan fingerprint density at radius 3 is 1.31 bits per heavy atom. The van der Waals surface area contributed by atoms with E-state index < -0.39 is 11.8 Å². The molecule has 0 fully saturated rings. The second kappa shape index (κ2) is 15.2. The molecule has 0 aliphatic carbocycles. The van der Waals surface area contributed by atoms with Crippen molar-refractivity contribution in [3.63, 3.8) is 0 Å². The molecular weight excluding hydrogens is 723 g/mol. The number of hydrogen-bond donors (Lipinski definition) is 4. The lowest BCUT2D eigenvalue weighted by Gasteiger charge is -2.13. The van der Waals surface area contributed by atoms with Crippen molar-refractivity contribution in [1.82, 2.24) is 0 Å². The number of halogens is 2. The number of nitrogens with one attached hydrogen (secondary N) is 2. The van der Waals surface area contributed by atoms with Gasteiger partial charge >= 0.3 is 0 Å². The predicted octanol–water partition coefficient (Wildman–Crippen LogP) is 12.7. The van der Waals surface area contributed by atoms with Crippen molar-refractivity contribution < 1.29 is 19.8 Å². The molecule has 54 heavy (non-hydrogen) atoms. The summed E-state index contributed by atoms with van der Waals surface area (Å²) in [6, 6.07) is 34.7. The lowest BCUT2D eigenvalue weighted by molar-refractivity contribution is 0.101. The predicted molar refractivity (Wildman–Crippen MR) is 214 cm³/mol. The van der Waals surface area contributed by atoms with Gasteiger partial charge in [-0.05, 0) is 84.3 Å². The summed E-state index contributed by atoms with van der Waals surface area (Å²) in [6.07, 6.45) is 0. The summed E-state index contributed by atoms with van der Waals surface area (Å²) in [7, 11) is 0. The highest BCUT2D eigenvalue weighted by molar-refractivity contribution is 6.34. The van der Waals surface area contributed by atoms with Crippen LogP contribution in [0.2, 0.25) is 10.0 Å². The number of rotatable bonds is 8. The molecule has 0 saturated heterocycles. The maximum Gasteiger partial charge on any atom is 0.259 e. The zero-order valence-electron chi connectivity index (χ0n) is 28.8. The molecule has 0 bridgehead atoms. The Morgan fingerprint density at radius 1 is 0.519 bits per heavy atom. The van der Waals surface area contributed by atoms with Gasteiger partial charge in [-0.15, -0.1) is 20.5 Å². The number of carbonyl (C=O) groups excluding carboxylic acids is 2. The second-order valence-corrected chi connectivity index (χ2v) is 13.1. The number of hydrogen-bond acceptors (Lipinski definition) is 8. The zero-order valence-corrected chi connectivity index (χ0v) is 30.3. The van der Waals surface area contributed by atoms with Crippen LogP contribution in [0.4, 0.5) is 34.1 Å². The SMILES string of the molecule is Cc1cccc(N=Nc2c(O)c(C(=O)Nc3ccc(NC(=O)c4cc5ccccc5c(N=Nc5cccc(C)c5Cl)c4O)cc3)cc3ccccc23)c1Cl. The summed E-state index contributed by atoms with van der Waals surface area (Å²) in [5.41, 5.74) is 3.50. The van der Waals surface area contributed by atoms with Gasteiger partial charge in [-0.2, -0.15) is 0 Å². The van der Waals surface area contributed by atoms with Crippen molar-refractivity contribution in [3.8, 4) is 11.5 Å². The minimum absolute atomic E-state index is 0.0141. The molecule has 0 spiro atoms. The number of aromatic hydroxyl groups is 2. The van der Waals surface area contributed by atoms with Crippen molar-refractivity contribution in [1.29, 1.82) is 0 Å². The Morgan fingerprint density at radius 2 is 0.907 bits per heavy atom. The Balaban J connectivity index is 1.12. The molecule has 0 atom stereocenters. The lowest BCUT2D eigenvalue weighted by Crippen LogP contribution is -2.13. The van der Waals surface area contributed by atoms with Gasteiger partial charge in [0.2, 0.25) is 0 Å². The first kappa shape index (κ1) is 35.8. The van der Waals surface area contributed by atoms with Crippen LogP contribution in [0.15, 0.2) is 142 Å². The quantitative estimate of drug-likeness (QED) is 0.114. The van der Waals surface area contributed by atoms with E-state index in [1.165, 1.54) is 0 Å². The monoisotopic (exact) mass is 752 g/mol. The first-order valence-electron chi connectivity index (χ1n) is 16.6. The highest BCUT2D eigenvalue weighted by Crippen LogP contribution is 2.42. The first-order chi connectivity index (χ1) is 26.1. The number of aryl methyl sites for hydroxylation is 2. The van der Waals surface area contributed by atoms with Crippen molar-refractivity contribution in [2.45, 2.75) is 13.8 Å². The standard InChI is InChI=1S/C42H30Cl2N6O4/c1-23-9-7-15-33(35(23)43)47-49-37-29-13-5-3-11-25(29)21-31(39(37)51)41(53)45-27-17-19-28(20-18-27)46-42(54)32-22-26-12-4-6-14-30(26)38(40(32)52)50-48-34-16-8-10-24(2)36(34)44/h3-22,51-52H,1-2H3,(H,45,53)(H,46,54). The third-order valence-corrected chi connectivity index (χ3v) is 9.72. The van der Waals surface area contributed by atoms with Crippen molar-refractivity contribution in [3.05, 3.63) is 154 Å². The summed E-state index contributed by atoms with van der Waals surface area (Å²) in [6.45, 7) is 3.70. The number of phenols is 2. The largest absolute Gasteiger partial charge is 0.505 e. The fourth-order valence-electron chi connectivity index (χ4n) is 5.84. The minimum Gasteiger partial charge on any atom is -0.505 e. The Hall–Kier alpha value is -6.62. The average molecular weight is 754 g/mol. The van der Waals surface area contributed by atoms with E-state index in [-0.39, 0.29) is 34.0 Å². The molecule has 266 valence electrons. The summed E-state index contributed by atoms with van der Waals surface area (Å²) in [5.74, 6) is -1.87. The third kappa shape index (κ3) is 7.20. The highest BCUT2D eigenvalue weighted by Gasteiger charge is 2.21. The molecule has 0 heterocycles. The van der Waals surface area contributed by atoms with Crippen LogP contribution in [-0.2, 0) is 0 Å². The van der Waals surface area contributed by atoms with Crippen LogP contribution in [0.1, 0.15) is 31.8 Å². The van der Waals surface area contributed by atoms with Gasteiger partial charge in [0, 0.05) is 22.1 Å². The molecule has 0 radical (unpaired) electrons. The molecule has 7 aromatic carbocycles. The molecule has 2 amide bonds. The number of amides is 2. The number of phenolic OH excluding ortho intramolecular Hbond substituents is 2. The molecule has 10 nitrogen and oxygen atoms in total. The maximum atomic E-state index is 13.5. The fourth-order valence-corrected chi connectivity index (χ4v) is 6.17. The zero-order chi connectivity index (χ0) is 37.9. The second-order valence-electron chi connectivity index (χ2n) is 12.4. The molecule has 4 N–H and O–H groups in total. The van der Waals surface area contributed by atoms with Gasteiger partial charge in [0.05, 0.1) is 21.2 Å². The van der Waals surface area contributed by atoms with Gasteiger partial charge in [0.15, 0.2) is 11.5 Å². The van der Waals surface area contributed by atoms with Gasteiger partial charge in [-0.1, -0.05) is 96.0 Å². The van der Waals surface area contributed by atoms with E-state index >= 15 is 0 Å². The number of anilines is 2. The lowest BCUT2D eigenvalue weighted by atomic mass is 10.0. The number of nitrogens with zero attached hydrogens (tertiary/aromatic N) is 4. The van der Waals surface area contributed by atoms with Gasteiger partial charge in [0.25, 0.3) is 11.8 Å². The highest BCUT2D eigenvalue weighted by atomic mass is 35.5. The van der Waals surface area contributed by atoms with Gasteiger partial charge in [-0.3, -0.25) is 9.59 Å². The summed E-state index contributed by atoms with van der Waals surface area (Å²) >= 11 is 12.8. The van der Waals surface area contributed by atoms with Crippen LogP contribution >= 0.6 is 23.2 Å². The molecule has 0 unspecified atom stereocenters. The van der Waals surface area contributed by atoms with E-state index in [2.05, 4.69) is 31.1 Å². The molecule has 12 heteroatoms. The number of fused-ring (bicyclic) bond motifs is 2. The Bertz CT molecular complexity index is 2490. The van der Waals surface area contributed by atoms with Crippen LogP contribution in [0.3, 0.4) is 0 Å². The fraction of sp³-hybridized carbons (Fsp3) is 0.0476. The third-order valence-electron chi connectivity index (χ3n) is 8.74. The van der Waals surface area contributed by atoms with E-state index in [0.717, 1.165) is 11.1 Å². The molecule has 0 aliphatic rings. The van der Waals surface area contributed by atoms with Gasteiger partial charge in [-0.25, -0.2) is 0 Å². The molecular formula is C42H30Cl2N6O4. The van der Waals surface area contributed by atoms with Crippen molar-refractivity contribution >= 4 is 90.7 Å². The smallest absolute Gasteiger partial charge is 0.259 e. The first-order valence-corrected chi connectivity index (χ1v) is 17.4. The van der Waals surface area contributed by atoms with Crippen LogP contribution in [-0.4, -0.2) is 22.0 Å².